The van der Waals surface area contributed by atoms with Crippen LogP contribution in [0.1, 0.15) is 0 Å². The molecule has 0 aliphatic rings. The van der Waals surface area contributed by atoms with Crippen molar-refractivity contribution in [2.75, 3.05) is 5.43 Å². The number of nitrogens with zero attached hydrogens (tertiary/aromatic N) is 3. The lowest BCUT2D eigenvalue weighted by Gasteiger charge is -2.08. The number of nitrogens with one attached hydrogen (secondary N) is 1. The highest BCUT2D eigenvalue weighted by atomic mass is 32.2. The van der Waals surface area contributed by atoms with Crippen LogP contribution in [0.5, 0.6) is 0 Å². The van der Waals surface area contributed by atoms with Gasteiger partial charge in [0.2, 0.25) is 5.71 Å². The molecule has 0 spiro atoms. The number of hydrogen-bond donors (Lipinski definition) is 2. The van der Waals surface area contributed by atoms with Crippen LogP contribution in [0, 0.1) is 22.7 Å². The van der Waals surface area contributed by atoms with Crippen LogP contribution in [-0.4, -0.2) is 18.7 Å². The van der Waals surface area contributed by atoms with Gasteiger partial charge >= 0.3 is 0 Å². The number of rotatable bonds is 3. The van der Waals surface area contributed by atoms with Crippen LogP contribution in [0.3, 0.4) is 0 Å². The Kier molecular flexibility index (Phi) is 3.85. The van der Waals surface area contributed by atoms with Gasteiger partial charge in [0.15, 0.2) is 0 Å². The summed E-state index contributed by atoms with van der Waals surface area (Å²) in [6.07, 6.45) is 0. The minimum absolute atomic E-state index is 0.228. The second-order valence-electron chi connectivity index (χ2n) is 3.93. The summed E-state index contributed by atoms with van der Waals surface area (Å²) >= 11 is 0. The zero-order chi connectivity index (χ0) is 15.5. The van der Waals surface area contributed by atoms with Crippen LogP contribution in [0.4, 0.5) is 5.69 Å². The smallest absolute Gasteiger partial charge is 0.282 e. The minimum atomic E-state index is -4.36. The van der Waals surface area contributed by atoms with Gasteiger partial charge in [-0.1, -0.05) is 24.3 Å². The molecular weight excluding hydrogens is 292 g/mol. The highest BCUT2D eigenvalue weighted by molar-refractivity contribution is 7.86. The molecule has 2 N–H and O–H groups in total. The molecule has 0 fully saturated rings. The first-order valence-electron chi connectivity index (χ1n) is 5.60. The highest BCUT2D eigenvalue weighted by Gasteiger charge is 2.14. The Bertz CT molecular complexity index is 905. The van der Waals surface area contributed by atoms with E-state index in [1.165, 1.54) is 18.2 Å². The lowest BCUT2D eigenvalue weighted by Crippen LogP contribution is -2.00. The Morgan fingerprint density at radius 2 is 1.71 bits per heavy atom. The molecule has 0 bridgehead atoms. The summed E-state index contributed by atoms with van der Waals surface area (Å²) in [6, 6.07) is 12.3. The molecule has 2 aromatic carbocycles. The van der Waals surface area contributed by atoms with Crippen LogP contribution in [0.2, 0.25) is 0 Å². The maximum Gasteiger partial charge on any atom is 0.295 e. The predicted octanol–water partition coefficient (Wildman–Crippen LogP) is 1.90. The van der Waals surface area contributed by atoms with Gasteiger partial charge in [0.05, 0.1) is 5.69 Å². The molecule has 2 rings (SSSR count). The maximum atomic E-state index is 11.3. The summed E-state index contributed by atoms with van der Waals surface area (Å²) in [5, 5.41) is 21.6. The fourth-order valence-electron chi connectivity index (χ4n) is 1.79. The van der Waals surface area contributed by atoms with Gasteiger partial charge in [0, 0.05) is 10.8 Å². The molecule has 0 radical (unpaired) electrons. The summed E-state index contributed by atoms with van der Waals surface area (Å²) in [7, 11) is -4.36. The van der Waals surface area contributed by atoms with E-state index >= 15 is 0 Å². The van der Waals surface area contributed by atoms with Gasteiger partial charge in [0.25, 0.3) is 10.1 Å². The van der Waals surface area contributed by atoms with Crippen LogP contribution in [0.25, 0.3) is 10.8 Å². The van der Waals surface area contributed by atoms with Gasteiger partial charge in [-0.05, 0) is 12.1 Å². The summed E-state index contributed by atoms with van der Waals surface area (Å²) in [5.74, 6) is 0. The fraction of sp³-hybridized carbons (Fsp3) is 0. The van der Waals surface area contributed by atoms with Gasteiger partial charge in [-0.3, -0.25) is 9.98 Å². The summed E-state index contributed by atoms with van der Waals surface area (Å²) in [6.45, 7) is 0. The van der Waals surface area contributed by atoms with Crippen molar-refractivity contribution in [3.05, 3.63) is 36.4 Å². The first-order valence-corrected chi connectivity index (χ1v) is 7.04. The van der Waals surface area contributed by atoms with E-state index in [2.05, 4.69) is 10.5 Å². The third kappa shape index (κ3) is 2.98. The number of hydrazone groups is 1. The standard InChI is InChI=1S/C13H8N4O3S/c14-7-9(8-15)16-17-12-5-1-4-11-10(12)3-2-6-13(11)21(18,19)20/h1-6,17H,(H,18,19,20). The quantitative estimate of drug-likeness (QED) is 0.506. The first-order chi connectivity index (χ1) is 9.97. The van der Waals surface area contributed by atoms with E-state index in [1.54, 1.807) is 30.3 Å². The van der Waals surface area contributed by atoms with Crippen molar-refractivity contribution in [3.63, 3.8) is 0 Å². The van der Waals surface area contributed by atoms with E-state index in [9.17, 15) is 13.0 Å². The van der Waals surface area contributed by atoms with E-state index in [-0.39, 0.29) is 10.6 Å². The van der Waals surface area contributed by atoms with Crippen LogP contribution in [0.15, 0.2) is 46.4 Å². The summed E-state index contributed by atoms with van der Waals surface area (Å²) < 4.78 is 31.9. The molecule has 0 aliphatic heterocycles. The van der Waals surface area contributed by atoms with E-state index in [0.717, 1.165) is 0 Å². The Morgan fingerprint density at radius 1 is 1.10 bits per heavy atom. The molecule has 0 atom stereocenters. The van der Waals surface area contributed by atoms with E-state index < -0.39 is 10.1 Å². The normalized spacial score (nSPS) is 10.4. The molecule has 2 aromatic rings. The van der Waals surface area contributed by atoms with Gasteiger partial charge in [-0.15, -0.1) is 0 Å². The zero-order valence-corrected chi connectivity index (χ0v) is 11.3. The van der Waals surface area contributed by atoms with Crippen molar-refractivity contribution >= 4 is 32.3 Å². The molecular formula is C13H8N4O3S. The average Bonchev–Trinajstić information content (AvgIpc) is 2.46. The van der Waals surface area contributed by atoms with Crippen molar-refractivity contribution in [3.8, 4) is 12.1 Å². The predicted molar refractivity (Wildman–Crippen MR) is 76.0 cm³/mol. The molecule has 21 heavy (non-hydrogen) atoms. The Labute approximate surface area is 120 Å². The number of hydrogen-bond acceptors (Lipinski definition) is 6. The lowest BCUT2D eigenvalue weighted by molar-refractivity contribution is 0.484. The van der Waals surface area contributed by atoms with Crippen molar-refractivity contribution in [1.29, 1.82) is 10.5 Å². The van der Waals surface area contributed by atoms with Gasteiger partial charge in [-0.25, -0.2) is 0 Å². The Hall–Kier alpha value is -2.94. The van der Waals surface area contributed by atoms with Crippen molar-refractivity contribution in [1.82, 2.24) is 0 Å². The average molecular weight is 300 g/mol. The maximum absolute atomic E-state index is 11.3. The Balaban J connectivity index is 2.62. The second kappa shape index (κ2) is 5.59. The van der Waals surface area contributed by atoms with E-state index in [1.807, 2.05) is 0 Å². The Morgan fingerprint density at radius 3 is 2.33 bits per heavy atom. The first kappa shape index (κ1) is 14.5. The monoisotopic (exact) mass is 300 g/mol. The third-order valence-corrected chi connectivity index (χ3v) is 3.57. The van der Waals surface area contributed by atoms with Gasteiger partial charge in [-0.2, -0.15) is 24.0 Å². The second-order valence-corrected chi connectivity index (χ2v) is 5.32. The van der Waals surface area contributed by atoms with Crippen molar-refractivity contribution in [2.45, 2.75) is 4.90 Å². The lowest BCUT2D eigenvalue weighted by atomic mass is 10.1. The molecule has 0 aromatic heterocycles. The van der Waals surface area contributed by atoms with Gasteiger partial charge < -0.3 is 0 Å². The topological polar surface area (TPSA) is 126 Å². The number of nitriles is 2. The summed E-state index contributed by atoms with van der Waals surface area (Å²) in [4.78, 5) is -0.228. The fourth-order valence-corrected chi connectivity index (χ4v) is 2.50. The molecule has 0 saturated carbocycles. The molecule has 8 heteroatoms. The molecule has 0 unspecified atom stereocenters. The minimum Gasteiger partial charge on any atom is -0.282 e. The number of fused-ring (bicyclic) bond motifs is 1. The molecule has 7 nitrogen and oxygen atoms in total. The van der Waals surface area contributed by atoms with E-state index in [0.29, 0.717) is 16.5 Å². The van der Waals surface area contributed by atoms with Crippen LogP contribution >= 0.6 is 0 Å². The van der Waals surface area contributed by atoms with Crippen molar-refractivity contribution < 1.29 is 13.0 Å². The number of benzene rings is 2. The highest BCUT2D eigenvalue weighted by Crippen LogP contribution is 2.28. The van der Waals surface area contributed by atoms with Crippen LogP contribution < -0.4 is 5.43 Å². The zero-order valence-electron chi connectivity index (χ0n) is 10.5. The summed E-state index contributed by atoms with van der Waals surface area (Å²) in [5.41, 5.74) is 2.58. The molecule has 0 saturated heterocycles. The molecule has 0 aliphatic carbocycles. The third-order valence-electron chi connectivity index (χ3n) is 2.66. The van der Waals surface area contributed by atoms with E-state index in [4.69, 9.17) is 10.5 Å². The number of anilines is 1. The van der Waals surface area contributed by atoms with Crippen LogP contribution in [-0.2, 0) is 10.1 Å². The largest absolute Gasteiger partial charge is 0.295 e. The SMILES string of the molecule is N#CC(C#N)=NNc1cccc2c(S(=O)(=O)O)cccc12. The molecule has 104 valence electrons. The molecule has 0 heterocycles. The van der Waals surface area contributed by atoms with Gasteiger partial charge in [0.1, 0.15) is 17.0 Å². The molecule has 0 amide bonds. The van der Waals surface area contributed by atoms with Crippen molar-refractivity contribution in [2.24, 2.45) is 5.10 Å².